The minimum absolute atomic E-state index is 0.257. The summed E-state index contributed by atoms with van der Waals surface area (Å²) >= 11 is 0. The highest BCUT2D eigenvalue weighted by molar-refractivity contribution is 5.39. The van der Waals surface area contributed by atoms with Crippen LogP contribution in [0.15, 0.2) is 48.8 Å². The van der Waals surface area contributed by atoms with Gasteiger partial charge in [0.25, 0.3) is 0 Å². The number of nitrogens with zero attached hydrogens (tertiary/aromatic N) is 2. The van der Waals surface area contributed by atoms with Crippen molar-refractivity contribution < 1.29 is 9.47 Å². The molecule has 1 fully saturated rings. The molecule has 3 rings (SSSR count). The van der Waals surface area contributed by atoms with Gasteiger partial charge in [0.1, 0.15) is 6.10 Å². The van der Waals surface area contributed by atoms with Gasteiger partial charge in [0.2, 0.25) is 0 Å². The molecule has 0 spiro atoms. The maximum atomic E-state index is 6.21. The molecule has 0 radical (unpaired) electrons. The Labute approximate surface area is 144 Å². The monoisotopic (exact) mass is 326 g/mol. The van der Waals surface area contributed by atoms with Crippen LogP contribution in [0.1, 0.15) is 38.3 Å². The molecule has 2 aromatic rings. The third kappa shape index (κ3) is 4.06. The number of para-hydroxylation sites is 2. The largest absolute Gasteiger partial charge is 0.490 e. The Morgan fingerprint density at radius 1 is 1.08 bits per heavy atom. The number of aromatic nitrogens is 1. The number of ether oxygens (including phenoxy) is 2. The lowest BCUT2D eigenvalue weighted by molar-refractivity contribution is 0.0773. The van der Waals surface area contributed by atoms with Crippen LogP contribution in [-0.4, -0.2) is 35.7 Å². The topological polar surface area (TPSA) is 34.6 Å². The zero-order valence-corrected chi connectivity index (χ0v) is 14.5. The molecule has 1 aliphatic rings. The number of hydrogen-bond acceptors (Lipinski definition) is 4. The van der Waals surface area contributed by atoms with Gasteiger partial charge in [-0.05, 0) is 56.5 Å². The lowest BCUT2D eigenvalue weighted by Crippen LogP contribution is -2.39. The van der Waals surface area contributed by atoms with E-state index in [4.69, 9.17) is 9.47 Å². The average molecular weight is 326 g/mol. The zero-order chi connectivity index (χ0) is 16.8. The lowest BCUT2D eigenvalue weighted by Gasteiger charge is -2.36. The van der Waals surface area contributed by atoms with Crippen molar-refractivity contribution in [3.63, 3.8) is 0 Å². The van der Waals surface area contributed by atoms with Crippen LogP contribution in [0.4, 0.5) is 0 Å². The molecule has 1 unspecified atom stereocenters. The van der Waals surface area contributed by atoms with Crippen molar-refractivity contribution in [2.75, 3.05) is 19.7 Å². The number of piperidine rings is 1. The Morgan fingerprint density at radius 2 is 1.75 bits per heavy atom. The van der Waals surface area contributed by atoms with Crippen molar-refractivity contribution in [3.05, 3.63) is 54.4 Å². The van der Waals surface area contributed by atoms with E-state index < -0.39 is 0 Å². The first kappa shape index (κ1) is 16.8. The summed E-state index contributed by atoms with van der Waals surface area (Å²) in [5.74, 6) is 1.70. The van der Waals surface area contributed by atoms with Crippen molar-refractivity contribution in [1.29, 1.82) is 0 Å². The lowest BCUT2D eigenvalue weighted by atomic mass is 10.0. The Kier molecular flexibility index (Phi) is 5.70. The molecular weight excluding hydrogens is 300 g/mol. The summed E-state index contributed by atoms with van der Waals surface area (Å²) < 4.78 is 11.9. The van der Waals surface area contributed by atoms with E-state index in [-0.39, 0.29) is 6.10 Å². The standard InChI is InChI=1S/C20H26N2O2/c1-3-23-19-6-4-5-7-20(19)24-18-10-14-22(15-11-18)16(2)17-8-12-21-13-9-17/h4-9,12-13,16,18H,3,10-11,14-15H2,1-2H3. The summed E-state index contributed by atoms with van der Waals surface area (Å²) in [4.78, 5) is 6.62. The summed E-state index contributed by atoms with van der Waals surface area (Å²) in [6.45, 7) is 7.01. The Balaban J connectivity index is 1.56. The number of pyridine rings is 1. The van der Waals surface area contributed by atoms with Crippen LogP contribution in [0.25, 0.3) is 0 Å². The smallest absolute Gasteiger partial charge is 0.161 e. The zero-order valence-electron chi connectivity index (χ0n) is 14.5. The number of likely N-dealkylation sites (tertiary alicyclic amines) is 1. The molecule has 0 saturated carbocycles. The fourth-order valence-electron chi connectivity index (χ4n) is 3.24. The fraction of sp³-hybridized carbons (Fsp3) is 0.450. The molecule has 0 bridgehead atoms. The fourth-order valence-corrected chi connectivity index (χ4v) is 3.24. The molecule has 4 heteroatoms. The quantitative estimate of drug-likeness (QED) is 0.801. The maximum Gasteiger partial charge on any atom is 0.161 e. The van der Waals surface area contributed by atoms with Crippen LogP contribution in [0.5, 0.6) is 11.5 Å². The van der Waals surface area contributed by atoms with Crippen molar-refractivity contribution in [1.82, 2.24) is 9.88 Å². The van der Waals surface area contributed by atoms with Gasteiger partial charge in [-0.3, -0.25) is 9.88 Å². The second kappa shape index (κ2) is 8.15. The SMILES string of the molecule is CCOc1ccccc1OC1CCN(C(C)c2ccncc2)CC1. The molecule has 4 nitrogen and oxygen atoms in total. The van der Waals surface area contributed by atoms with Crippen molar-refractivity contribution >= 4 is 0 Å². The third-order valence-corrected chi connectivity index (χ3v) is 4.66. The van der Waals surface area contributed by atoms with Crippen LogP contribution in [0.3, 0.4) is 0 Å². The first-order valence-electron chi connectivity index (χ1n) is 8.80. The van der Waals surface area contributed by atoms with E-state index in [9.17, 15) is 0 Å². The molecule has 1 aliphatic heterocycles. The highest BCUT2D eigenvalue weighted by Crippen LogP contribution is 2.30. The maximum absolute atomic E-state index is 6.21. The van der Waals surface area contributed by atoms with Crippen LogP contribution in [0, 0.1) is 0 Å². The van der Waals surface area contributed by atoms with E-state index in [0.29, 0.717) is 12.6 Å². The summed E-state index contributed by atoms with van der Waals surface area (Å²) in [5, 5.41) is 0. The van der Waals surface area contributed by atoms with E-state index >= 15 is 0 Å². The van der Waals surface area contributed by atoms with E-state index in [0.717, 1.165) is 37.4 Å². The minimum atomic E-state index is 0.257. The Bertz CT molecular complexity index is 625. The van der Waals surface area contributed by atoms with E-state index in [2.05, 4.69) is 28.9 Å². The highest BCUT2D eigenvalue weighted by atomic mass is 16.5. The van der Waals surface area contributed by atoms with E-state index in [1.54, 1.807) is 0 Å². The van der Waals surface area contributed by atoms with Crippen LogP contribution >= 0.6 is 0 Å². The molecule has 1 atom stereocenters. The van der Waals surface area contributed by atoms with Gasteiger partial charge in [0.05, 0.1) is 6.61 Å². The second-order valence-corrected chi connectivity index (χ2v) is 6.19. The molecule has 24 heavy (non-hydrogen) atoms. The van der Waals surface area contributed by atoms with Crippen LogP contribution in [-0.2, 0) is 0 Å². The summed E-state index contributed by atoms with van der Waals surface area (Å²) in [7, 11) is 0. The minimum Gasteiger partial charge on any atom is -0.490 e. The summed E-state index contributed by atoms with van der Waals surface area (Å²) in [5.41, 5.74) is 1.33. The van der Waals surface area contributed by atoms with Gasteiger partial charge in [-0.25, -0.2) is 0 Å². The van der Waals surface area contributed by atoms with Gasteiger partial charge >= 0.3 is 0 Å². The molecule has 0 aliphatic carbocycles. The predicted octanol–water partition coefficient (Wildman–Crippen LogP) is 4.08. The molecule has 0 N–H and O–H groups in total. The Hall–Kier alpha value is -2.07. The molecule has 0 amide bonds. The summed E-state index contributed by atoms with van der Waals surface area (Å²) in [6, 6.07) is 12.6. The number of benzene rings is 1. The first-order chi connectivity index (χ1) is 11.8. The van der Waals surface area contributed by atoms with Gasteiger partial charge < -0.3 is 9.47 Å². The van der Waals surface area contributed by atoms with Crippen LogP contribution < -0.4 is 9.47 Å². The number of hydrogen-bond donors (Lipinski definition) is 0. The van der Waals surface area contributed by atoms with E-state index in [1.165, 1.54) is 5.56 Å². The van der Waals surface area contributed by atoms with Crippen molar-refractivity contribution in [2.24, 2.45) is 0 Å². The van der Waals surface area contributed by atoms with Gasteiger partial charge in [-0.2, -0.15) is 0 Å². The predicted molar refractivity (Wildman–Crippen MR) is 95.5 cm³/mol. The van der Waals surface area contributed by atoms with Gasteiger partial charge in [-0.1, -0.05) is 12.1 Å². The normalized spacial score (nSPS) is 17.4. The van der Waals surface area contributed by atoms with Gasteiger partial charge in [0, 0.05) is 31.5 Å². The molecule has 1 saturated heterocycles. The Morgan fingerprint density at radius 3 is 2.42 bits per heavy atom. The summed E-state index contributed by atoms with van der Waals surface area (Å²) in [6.07, 6.45) is 6.07. The highest BCUT2D eigenvalue weighted by Gasteiger charge is 2.25. The average Bonchev–Trinajstić information content (AvgIpc) is 2.64. The van der Waals surface area contributed by atoms with Crippen molar-refractivity contribution in [2.45, 2.75) is 38.8 Å². The van der Waals surface area contributed by atoms with E-state index in [1.807, 2.05) is 43.6 Å². The first-order valence-corrected chi connectivity index (χ1v) is 8.80. The van der Waals surface area contributed by atoms with Crippen LogP contribution in [0.2, 0.25) is 0 Å². The molecular formula is C20H26N2O2. The second-order valence-electron chi connectivity index (χ2n) is 6.19. The number of rotatable bonds is 6. The molecule has 1 aromatic heterocycles. The molecule has 1 aromatic carbocycles. The van der Waals surface area contributed by atoms with Crippen molar-refractivity contribution in [3.8, 4) is 11.5 Å². The van der Waals surface area contributed by atoms with Gasteiger partial charge in [-0.15, -0.1) is 0 Å². The van der Waals surface area contributed by atoms with Gasteiger partial charge in [0.15, 0.2) is 11.5 Å². The molecule has 128 valence electrons. The molecule has 2 heterocycles. The third-order valence-electron chi connectivity index (χ3n) is 4.66.